The van der Waals surface area contributed by atoms with Crippen molar-refractivity contribution in [3.05, 3.63) is 23.4 Å². The van der Waals surface area contributed by atoms with Gasteiger partial charge >= 0.3 is 0 Å². The van der Waals surface area contributed by atoms with Crippen LogP contribution in [-0.4, -0.2) is 34.5 Å². The van der Waals surface area contributed by atoms with E-state index in [0.717, 1.165) is 11.3 Å². The molecule has 0 amide bonds. The number of hydrogen-bond acceptors (Lipinski definition) is 5. The van der Waals surface area contributed by atoms with Gasteiger partial charge in [-0.3, -0.25) is 0 Å². The van der Waals surface area contributed by atoms with Crippen LogP contribution in [0.3, 0.4) is 0 Å². The Morgan fingerprint density at radius 1 is 1.40 bits per heavy atom. The number of nitrogens with two attached hydrogens (primary N) is 1. The number of nitrogens with zero attached hydrogens (tertiary/aromatic N) is 1. The number of anilines is 1. The molecule has 84 valence electrons. The van der Waals surface area contributed by atoms with Crippen LogP contribution in [0.1, 0.15) is 11.3 Å². The molecule has 5 heteroatoms. The van der Waals surface area contributed by atoms with E-state index in [2.05, 4.69) is 10.3 Å². The summed E-state index contributed by atoms with van der Waals surface area (Å²) in [5.41, 5.74) is 7.36. The van der Waals surface area contributed by atoms with E-state index in [-0.39, 0.29) is 19.3 Å². The van der Waals surface area contributed by atoms with Crippen molar-refractivity contribution in [3.63, 3.8) is 0 Å². The predicted octanol–water partition coefficient (Wildman–Crippen LogP) is -0.386. The number of aliphatic hydroxyl groups is 2. The van der Waals surface area contributed by atoms with E-state index in [0.29, 0.717) is 12.4 Å². The maximum atomic E-state index is 8.91. The standard InChI is InChI=1S/C10H17N3O2/c1-7-2-8(4-11)3-10(12-7)13-9(5-14)6-15/h2-3,9,14-15H,4-6,11H2,1H3,(H,12,13). The van der Waals surface area contributed by atoms with Crippen molar-refractivity contribution in [1.29, 1.82) is 0 Å². The minimum atomic E-state index is -0.384. The van der Waals surface area contributed by atoms with Crippen LogP contribution >= 0.6 is 0 Å². The second-order valence-electron chi connectivity index (χ2n) is 3.41. The zero-order valence-electron chi connectivity index (χ0n) is 8.77. The lowest BCUT2D eigenvalue weighted by atomic mass is 10.2. The molecule has 1 aromatic rings. The maximum Gasteiger partial charge on any atom is 0.126 e. The molecular formula is C10H17N3O2. The molecule has 1 aromatic heterocycles. The maximum absolute atomic E-state index is 8.91. The van der Waals surface area contributed by atoms with E-state index in [1.165, 1.54) is 0 Å². The van der Waals surface area contributed by atoms with Crippen LogP contribution in [0.25, 0.3) is 0 Å². The highest BCUT2D eigenvalue weighted by Gasteiger charge is 2.06. The van der Waals surface area contributed by atoms with Gasteiger partial charge in [-0.05, 0) is 24.6 Å². The highest BCUT2D eigenvalue weighted by atomic mass is 16.3. The van der Waals surface area contributed by atoms with Gasteiger partial charge in [0.25, 0.3) is 0 Å². The largest absolute Gasteiger partial charge is 0.394 e. The van der Waals surface area contributed by atoms with Crippen LogP contribution in [0.4, 0.5) is 5.82 Å². The van der Waals surface area contributed by atoms with Crippen molar-refractivity contribution in [3.8, 4) is 0 Å². The minimum absolute atomic E-state index is 0.135. The molecule has 0 fully saturated rings. The summed E-state index contributed by atoms with van der Waals surface area (Å²) in [5, 5.41) is 20.7. The Bertz CT molecular complexity index is 314. The van der Waals surface area contributed by atoms with Crippen LogP contribution in [0.15, 0.2) is 12.1 Å². The smallest absolute Gasteiger partial charge is 0.126 e. The highest BCUT2D eigenvalue weighted by Crippen LogP contribution is 2.10. The molecular weight excluding hydrogens is 194 g/mol. The molecule has 0 spiro atoms. The Morgan fingerprint density at radius 2 is 2.07 bits per heavy atom. The molecule has 15 heavy (non-hydrogen) atoms. The van der Waals surface area contributed by atoms with Crippen molar-refractivity contribution in [2.75, 3.05) is 18.5 Å². The third-order valence-electron chi connectivity index (χ3n) is 2.04. The lowest BCUT2D eigenvalue weighted by Gasteiger charge is -2.15. The third kappa shape index (κ3) is 3.47. The SMILES string of the molecule is Cc1cc(CN)cc(NC(CO)CO)n1. The van der Waals surface area contributed by atoms with Crippen molar-refractivity contribution in [2.45, 2.75) is 19.5 Å². The van der Waals surface area contributed by atoms with Gasteiger partial charge < -0.3 is 21.3 Å². The van der Waals surface area contributed by atoms with Gasteiger partial charge in [0, 0.05) is 12.2 Å². The summed E-state index contributed by atoms with van der Waals surface area (Å²) in [4.78, 5) is 4.23. The molecule has 0 aromatic carbocycles. The van der Waals surface area contributed by atoms with Gasteiger partial charge in [-0.25, -0.2) is 4.98 Å². The Labute approximate surface area is 89.0 Å². The van der Waals surface area contributed by atoms with Crippen molar-refractivity contribution < 1.29 is 10.2 Å². The second-order valence-corrected chi connectivity index (χ2v) is 3.41. The van der Waals surface area contributed by atoms with Gasteiger partial charge in [0.15, 0.2) is 0 Å². The van der Waals surface area contributed by atoms with Crippen molar-refractivity contribution >= 4 is 5.82 Å². The Kier molecular flexibility index (Phi) is 4.48. The molecule has 0 saturated carbocycles. The lowest BCUT2D eigenvalue weighted by molar-refractivity contribution is 0.203. The average Bonchev–Trinajstić information content (AvgIpc) is 2.25. The van der Waals surface area contributed by atoms with Gasteiger partial charge in [-0.1, -0.05) is 0 Å². The second kappa shape index (κ2) is 5.65. The van der Waals surface area contributed by atoms with E-state index in [4.69, 9.17) is 15.9 Å². The topological polar surface area (TPSA) is 91.4 Å². The molecule has 0 bridgehead atoms. The molecule has 0 aliphatic rings. The van der Waals surface area contributed by atoms with Gasteiger partial charge in [-0.2, -0.15) is 0 Å². The number of nitrogens with one attached hydrogen (secondary N) is 1. The van der Waals surface area contributed by atoms with Crippen LogP contribution < -0.4 is 11.1 Å². The number of hydrogen-bond donors (Lipinski definition) is 4. The predicted molar refractivity (Wildman–Crippen MR) is 58.4 cm³/mol. The first kappa shape index (κ1) is 11.9. The monoisotopic (exact) mass is 211 g/mol. The van der Waals surface area contributed by atoms with Gasteiger partial charge in [0.2, 0.25) is 0 Å². The van der Waals surface area contributed by atoms with Gasteiger partial charge in [0.1, 0.15) is 5.82 Å². The molecule has 0 atom stereocenters. The fraction of sp³-hybridized carbons (Fsp3) is 0.500. The highest BCUT2D eigenvalue weighted by molar-refractivity contribution is 5.40. The lowest BCUT2D eigenvalue weighted by Crippen LogP contribution is -2.28. The van der Waals surface area contributed by atoms with E-state index in [1.54, 1.807) is 0 Å². The molecule has 1 heterocycles. The molecule has 5 nitrogen and oxygen atoms in total. The first-order valence-electron chi connectivity index (χ1n) is 4.85. The van der Waals surface area contributed by atoms with E-state index >= 15 is 0 Å². The normalized spacial score (nSPS) is 10.7. The summed E-state index contributed by atoms with van der Waals surface area (Å²) in [6.07, 6.45) is 0. The number of aryl methyl sites for hydroxylation is 1. The number of rotatable bonds is 5. The Balaban J connectivity index is 2.79. The van der Waals surface area contributed by atoms with E-state index in [1.807, 2.05) is 19.1 Å². The Hall–Kier alpha value is -1.17. The zero-order chi connectivity index (χ0) is 11.3. The van der Waals surface area contributed by atoms with E-state index in [9.17, 15) is 0 Å². The summed E-state index contributed by atoms with van der Waals surface area (Å²) >= 11 is 0. The molecule has 1 rings (SSSR count). The average molecular weight is 211 g/mol. The summed E-state index contributed by atoms with van der Waals surface area (Å²) in [6.45, 7) is 2.05. The van der Waals surface area contributed by atoms with E-state index < -0.39 is 0 Å². The third-order valence-corrected chi connectivity index (χ3v) is 2.04. The minimum Gasteiger partial charge on any atom is -0.394 e. The molecule has 0 aliphatic carbocycles. The molecule has 5 N–H and O–H groups in total. The quantitative estimate of drug-likeness (QED) is 0.532. The number of pyridine rings is 1. The molecule has 0 radical (unpaired) electrons. The summed E-state index contributed by atoms with van der Waals surface area (Å²) in [5.74, 6) is 0.628. The number of aromatic nitrogens is 1. The summed E-state index contributed by atoms with van der Waals surface area (Å²) < 4.78 is 0. The summed E-state index contributed by atoms with van der Waals surface area (Å²) in [6, 6.07) is 3.33. The van der Waals surface area contributed by atoms with Crippen molar-refractivity contribution in [2.24, 2.45) is 5.73 Å². The first-order valence-corrected chi connectivity index (χ1v) is 4.85. The fourth-order valence-corrected chi connectivity index (χ4v) is 1.29. The van der Waals surface area contributed by atoms with Gasteiger partial charge in [0.05, 0.1) is 19.3 Å². The Morgan fingerprint density at radius 3 is 2.60 bits per heavy atom. The molecule has 0 saturated heterocycles. The summed E-state index contributed by atoms with van der Waals surface area (Å²) in [7, 11) is 0. The van der Waals surface area contributed by atoms with Crippen LogP contribution in [0, 0.1) is 6.92 Å². The first-order chi connectivity index (χ1) is 7.19. The van der Waals surface area contributed by atoms with Gasteiger partial charge in [-0.15, -0.1) is 0 Å². The molecule has 0 unspecified atom stereocenters. The fourth-order valence-electron chi connectivity index (χ4n) is 1.29. The van der Waals surface area contributed by atoms with Crippen LogP contribution in [-0.2, 0) is 6.54 Å². The van der Waals surface area contributed by atoms with Crippen molar-refractivity contribution in [1.82, 2.24) is 4.98 Å². The van der Waals surface area contributed by atoms with Crippen LogP contribution in [0.2, 0.25) is 0 Å². The van der Waals surface area contributed by atoms with Crippen LogP contribution in [0.5, 0.6) is 0 Å². The zero-order valence-corrected chi connectivity index (χ0v) is 8.77. The molecule has 0 aliphatic heterocycles. The number of aliphatic hydroxyl groups excluding tert-OH is 2.